The highest BCUT2D eigenvalue weighted by molar-refractivity contribution is 6.31. The van der Waals surface area contributed by atoms with Gasteiger partial charge in [0.05, 0.1) is 13.0 Å². The van der Waals surface area contributed by atoms with Crippen LogP contribution in [-0.2, 0) is 24.3 Å². The highest BCUT2D eigenvalue weighted by Crippen LogP contribution is 2.23. The van der Waals surface area contributed by atoms with Crippen LogP contribution in [0.15, 0.2) is 42.7 Å². The molecule has 2 aromatic rings. The molecule has 0 spiro atoms. The third-order valence-corrected chi connectivity index (χ3v) is 6.88. The van der Waals surface area contributed by atoms with Crippen LogP contribution >= 0.6 is 11.6 Å². The summed E-state index contributed by atoms with van der Waals surface area (Å²) in [6.07, 6.45) is 21.5. The standard InChI is InChI=1S/C31H47ClN2O2/c1-3-5-6-7-8-9-10-11-12-13-14-15-22-36-29-19-18-28(30(32)24-29)23-31(35)33-25-27-17-16-21-34(26-27)20-4-2/h16-19,21,24,26H,3-15,20,22-23,25H2,1-2H3/p+1. The van der Waals surface area contributed by atoms with Gasteiger partial charge in [-0.2, -0.15) is 0 Å². The smallest absolute Gasteiger partial charge is 0.224 e. The number of nitrogens with one attached hydrogen (secondary N) is 1. The lowest BCUT2D eigenvalue weighted by Gasteiger charge is -2.10. The van der Waals surface area contributed by atoms with Crippen LogP contribution < -0.4 is 14.6 Å². The Morgan fingerprint density at radius 3 is 2.19 bits per heavy atom. The molecule has 0 bridgehead atoms. The molecular formula is C31H48ClN2O2+. The van der Waals surface area contributed by atoms with Crippen LogP contribution in [-0.4, -0.2) is 12.5 Å². The Hall–Kier alpha value is -2.07. The van der Waals surface area contributed by atoms with Gasteiger partial charge in [0.15, 0.2) is 12.4 Å². The fraction of sp³-hybridized carbons (Fsp3) is 0.613. The van der Waals surface area contributed by atoms with Crippen molar-refractivity contribution in [1.82, 2.24) is 5.32 Å². The molecule has 0 aliphatic carbocycles. The molecule has 0 aliphatic heterocycles. The molecule has 1 amide bonds. The Morgan fingerprint density at radius 1 is 0.889 bits per heavy atom. The Labute approximate surface area is 224 Å². The average molecular weight is 516 g/mol. The molecule has 0 atom stereocenters. The lowest BCUT2D eigenvalue weighted by atomic mass is 10.1. The van der Waals surface area contributed by atoms with Gasteiger partial charge in [-0.05, 0) is 30.2 Å². The van der Waals surface area contributed by atoms with Gasteiger partial charge in [-0.25, -0.2) is 4.57 Å². The number of rotatable bonds is 20. The number of hydrogen-bond donors (Lipinski definition) is 1. The number of pyridine rings is 1. The maximum atomic E-state index is 12.4. The minimum absolute atomic E-state index is 0.0343. The number of unbranched alkanes of at least 4 members (excludes halogenated alkanes) is 11. The first-order valence-electron chi connectivity index (χ1n) is 14.3. The Kier molecular flexibility index (Phi) is 16.0. The summed E-state index contributed by atoms with van der Waals surface area (Å²) in [5, 5.41) is 3.58. The van der Waals surface area contributed by atoms with Gasteiger partial charge >= 0.3 is 0 Å². The predicted octanol–water partition coefficient (Wildman–Crippen LogP) is 7.98. The summed E-state index contributed by atoms with van der Waals surface area (Å²) < 4.78 is 8.03. The second-order valence-corrected chi connectivity index (χ2v) is 10.3. The number of amides is 1. The fourth-order valence-corrected chi connectivity index (χ4v) is 4.65. The van der Waals surface area contributed by atoms with Crippen LogP contribution in [0.1, 0.15) is 108 Å². The van der Waals surface area contributed by atoms with Gasteiger partial charge in [-0.15, -0.1) is 0 Å². The van der Waals surface area contributed by atoms with E-state index in [1.807, 2.05) is 30.3 Å². The van der Waals surface area contributed by atoms with Crippen LogP contribution in [0, 0.1) is 0 Å². The van der Waals surface area contributed by atoms with Gasteiger partial charge in [-0.3, -0.25) is 4.79 Å². The Bertz CT molecular complexity index is 871. The number of aryl methyl sites for hydroxylation is 1. The van der Waals surface area contributed by atoms with E-state index >= 15 is 0 Å². The number of aromatic nitrogens is 1. The largest absolute Gasteiger partial charge is 0.494 e. The number of nitrogens with zero attached hydrogens (tertiary/aromatic N) is 1. The average Bonchev–Trinajstić information content (AvgIpc) is 2.87. The zero-order chi connectivity index (χ0) is 25.8. The summed E-state index contributed by atoms with van der Waals surface area (Å²) in [5.74, 6) is 0.741. The predicted molar refractivity (Wildman–Crippen MR) is 151 cm³/mol. The molecule has 1 aromatic heterocycles. The van der Waals surface area contributed by atoms with Crippen LogP contribution in [0.5, 0.6) is 5.75 Å². The fourth-order valence-electron chi connectivity index (χ4n) is 4.41. The second-order valence-electron chi connectivity index (χ2n) is 9.89. The van der Waals surface area contributed by atoms with Crippen LogP contribution in [0.2, 0.25) is 5.02 Å². The molecule has 1 aromatic carbocycles. The van der Waals surface area contributed by atoms with Crippen molar-refractivity contribution in [1.29, 1.82) is 0 Å². The summed E-state index contributed by atoms with van der Waals surface area (Å²) in [4.78, 5) is 12.4. The molecule has 2 rings (SSSR count). The molecule has 0 radical (unpaired) electrons. The van der Waals surface area contributed by atoms with Crippen LogP contribution in [0.3, 0.4) is 0 Å². The highest BCUT2D eigenvalue weighted by Gasteiger charge is 2.10. The molecule has 0 fully saturated rings. The van der Waals surface area contributed by atoms with E-state index < -0.39 is 0 Å². The highest BCUT2D eigenvalue weighted by atomic mass is 35.5. The van der Waals surface area contributed by atoms with Gasteiger partial charge < -0.3 is 10.1 Å². The first kappa shape index (κ1) is 30.2. The van der Waals surface area contributed by atoms with E-state index in [1.54, 1.807) is 0 Å². The van der Waals surface area contributed by atoms with E-state index in [9.17, 15) is 4.79 Å². The van der Waals surface area contributed by atoms with E-state index in [1.165, 1.54) is 70.6 Å². The van der Waals surface area contributed by atoms with Crippen molar-refractivity contribution in [2.24, 2.45) is 0 Å². The SMILES string of the molecule is CCCCCCCCCCCCCCOc1ccc(CC(=O)NCc2ccc[n+](CCC)c2)c(Cl)c1. The van der Waals surface area contributed by atoms with E-state index in [2.05, 4.69) is 36.1 Å². The van der Waals surface area contributed by atoms with E-state index in [0.717, 1.165) is 36.3 Å². The zero-order valence-corrected chi connectivity index (χ0v) is 23.5. The van der Waals surface area contributed by atoms with Gasteiger partial charge in [0, 0.05) is 29.6 Å². The van der Waals surface area contributed by atoms with E-state index in [4.69, 9.17) is 16.3 Å². The van der Waals surface area contributed by atoms with Gasteiger partial charge in [-0.1, -0.05) is 102 Å². The topological polar surface area (TPSA) is 42.2 Å². The lowest BCUT2D eigenvalue weighted by molar-refractivity contribution is -0.697. The summed E-state index contributed by atoms with van der Waals surface area (Å²) >= 11 is 6.44. The van der Waals surface area contributed by atoms with E-state index in [0.29, 0.717) is 18.2 Å². The van der Waals surface area contributed by atoms with Crippen molar-refractivity contribution < 1.29 is 14.1 Å². The first-order valence-corrected chi connectivity index (χ1v) is 14.7. The molecular weight excluding hydrogens is 468 g/mol. The normalized spacial score (nSPS) is 11.0. The van der Waals surface area contributed by atoms with Crippen molar-refractivity contribution in [2.75, 3.05) is 6.61 Å². The molecule has 1 heterocycles. The Morgan fingerprint density at radius 2 is 1.56 bits per heavy atom. The Balaban J connectivity index is 1.56. The quantitative estimate of drug-likeness (QED) is 0.143. The second kappa shape index (κ2) is 19.1. The number of halogens is 1. The van der Waals surface area contributed by atoms with Crippen molar-refractivity contribution >= 4 is 17.5 Å². The lowest BCUT2D eigenvalue weighted by Crippen LogP contribution is -2.34. The molecule has 0 unspecified atom stereocenters. The monoisotopic (exact) mass is 515 g/mol. The van der Waals surface area contributed by atoms with Crippen molar-refractivity contribution in [3.8, 4) is 5.75 Å². The molecule has 4 nitrogen and oxygen atoms in total. The molecule has 0 aliphatic rings. The van der Waals surface area contributed by atoms with Crippen molar-refractivity contribution in [3.63, 3.8) is 0 Å². The summed E-state index contributed by atoms with van der Waals surface area (Å²) in [7, 11) is 0. The summed E-state index contributed by atoms with van der Waals surface area (Å²) in [6.45, 7) is 6.63. The number of benzene rings is 1. The summed E-state index contributed by atoms with van der Waals surface area (Å²) in [6, 6.07) is 9.69. The molecule has 0 saturated heterocycles. The van der Waals surface area contributed by atoms with Gasteiger partial charge in [0.25, 0.3) is 0 Å². The minimum Gasteiger partial charge on any atom is -0.494 e. The van der Waals surface area contributed by atoms with Crippen molar-refractivity contribution in [3.05, 3.63) is 58.9 Å². The molecule has 0 saturated carbocycles. The van der Waals surface area contributed by atoms with Gasteiger partial charge in [0.1, 0.15) is 12.3 Å². The zero-order valence-electron chi connectivity index (χ0n) is 22.7. The maximum absolute atomic E-state index is 12.4. The van der Waals surface area contributed by atoms with Crippen molar-refractivity contribution in [2.45, 2.75) is 117 Å². The third kappa shape index (κ3) is 13.3. The summed E-state index contributed by atoms with van der Waals surface area (Å²) in [5.41, 5.74) is 1.91. The minimum atomic E-state index is -0.0343. The first-order chi connectivity index (χ1) is 17.6. The van der Waals surface area contributed by atoms with Crippen LogP contribution in [0.4, 0.5) is 0 Å². The number of ether oxygens (including phenoxy) is 1. The van der Waals surface area contributed by atoms with Gasteiger partial charge in [0.2, 0.25) is 5.91 Å². The van der Waals surface area contributed by atoms with Crippen LogP contribution in [0.25, 0.3) is 0 Å². The number of carbonyl (C=O) groups excluding carboxylic acids is 1. The molecule has 36 heavy (non-hydrogen) atoms. The number of hydrogen-bond acceptors (Lipinski definition) is 2. The maximum Gasteiger partial charge on any atom is 0.224 e. The van der Waals surface area contributed by atoms with E-state index in [-0.39, 0.29) is 12.3 Å². The molecule has 1 N–H and O–H groups in total. The molecule has 200 valence electrons. The third-order valence-electron chi connectivity index (χ3n) is 6.53. The molecule has 5 heteroatoms. The number of carbonyl (C=O) groups is 1.